The number of benzene rings is 1. The molecule has 2 aliphatic heterocycles. The van der Waals surface area contributed by atoms with E-state index in [2.05, 4.69) is 29.4 Å². The molecule has 30 heavy (non-hydrogen) atoms. The van der Waals surface area contributed by atoms with Crippen molar-refractivity contribution in [2.75, 3.05) is 36.5 Å². The molecule has 2 atom stereocenters. The molecule has 8 nitrogen and oxygen atoms in total. The number of carbonyl (C=O) groups is 3. The topological polar surface area (TPSA) is 91.0 Å². The number of carbonyl (C=O) groups excluding carboxylic acids is 3. The number of nitrogens with zero attached hydrogens (tertiary/aromatic N) is 2. The van der Waals surface area contributed by atoms with Crippen molar-refractivity contribution >= 4 is 29.2 Å². The van der Waals surface area contributed by atoms with Gasteiger partial charge in [0.2, 0.25) is 5.91 Å². The largest absolute Gasteiger partial charge is 0.378 e. The molecule has 164 valence electrons. The maximum absolute atomic E-state index is 12.9. The summed E-state index contributed by atoms with van der Waals surface area (Å²) in [6.45, 7) is 10.5. The van der Waals surface area contributed by atoms with Gasteiger partial charge < -0.3 is 20.3 Å². The second kappa shape index (κ2) is 9.04. The van der Waals surface area contributed by atoms with E-state index in [-0.39, 0.29) is 5.91 Å². The molecule has 4 amide bonds. The van der Waals surface area contributed by atoms with Gasteiger partial charge in [-0.3, -0.25) is 9.59 Å². The minimum Gasteiger partial charge on any atom is -0.378 e. The molecule has 2 aliphatic rings. The molecule has 1 aromatic rings. The predicted molar refractivity (Wildman–Crippen MR) is 115 cm³/mol. The van der Waals surface area contributed by atoms with Crippen molar-refractivity contribution in [3.8, 4) is 0 Å². The number of urea groups is 1. The molecule has 2 fully saturated rings. The third-order valence-electron chi connectivity index (χ3n) is 5.79. The first kappa shape index (κ1) is 22.1. The molecule has 0 spiro atoms. The fourth-order valence-electron chi connectivity index (χ4n) is 3.75. The molecule has 2 heterocycles. The highest BCUT2D eigenvalue weighted by atomic mass is 16.5. The summed E-state index contributed by atoms with van der Waals surface area (Å²) in [5.41, 5.74) is 0.730. The molecular weight excluding hydrogens is 384 g/mol. The summed E-state index contributed by atoms with van der Waals surface area (Å²) in [6.07, 6.45) is 1.36. The molecule has 0 radical (unpaired) electrons. The molecule has 0 unspecified atom stereocenters. The fourth-order valence-corrected chi connectivity index (χ4v) is 3.75. The van der Waals surface area contributed by atoms with Gasteiger partial charge in [-0.15, -0.1) is 0 Å². The van der Waals surface area contributed by atoms with E-state index < -0.39 is 23.5 Å². The van der Waals surface area contributed by atoms with Gasteiger partial charge >= 0.3 is 6.03 Å². The quantitative estimate of drug-likeness (QED) is 0.667. The van der Waals surface area contributed by atoms with Gasteiger partial charge in [-0.2, -0.15) is 0 Å². The lowest BCUT2D eigenvalue weighted by Crippen LogP contribution is -2.48. The van der Waals surface area contributed by atoms with Crippen molar-refractivity contribution in [3.63, 3.8) is 0 Å². The Morgan fingerprint density at radius 2 is 1.80 bits per heavy atom. The third-order valence-corrected chi connectivity index (χ3v) is 5.79. The summed E-state index contributed by atoms with van der Waals surface area (Å²) in [7, 11) is 0. The molecule has 2 N–H and O–H groups in total. The number of rotatable bonds is 7. The van der Waals surface area contributed by atoms with Gasteiger partial charge in [-0.05, 0) is 56.9 Å². The van der Waals surface area contributed by atoms with Gasteiger partial charge in [0.15, 0.2) is 0 Å². The van der Waals surface area contributed by atoms with Crippen molar-refractivity contribution < 1.29 is 19.1 Å². The molecule has 1 aromatic carbocycles. The summed E-state index contributed by atoms with van der Waals surface area (Å²) >= 11 is 0. The number of hydrogen-bond donors (Lipinski definition) is 2. The van der Waals surface area contributed by atoms with Gasteiger partial charge in [0, 0.05) is 24.5 Å². The highest BCUT2D eigenvalue weighted by molar-refractivity contribution is 6.11. The lowest BCUT2D eigenvalue weighted by molar-refractivity contribution is -0.136. The average molecular weight is 417 g/mol. The van der Waals surface area contributed by atoms with Crippen molar-refractivity contribution in [1.29, 1.82) is 0 Å². The monoisotopic (exact) mass is 416 g/mol. The highest BCUT2D eigenvalue weighted by Crippen LogP contribution is 2.27. The van der Waals surface area contributed by atoms with Crippen LogP contribution in [0.5, 0.6) is 0 Å². The van der Waals surface area contributed by atoms with Gasteiger partial charge in [-0.1, -0.05) is 13.8 Å². The number of anilines is 2. The Kier molecular flexibility index (Phi) is 6.65. The number of morpholine rings is 1. The van der Waals surface area contributed by atoms with E-state index in [9.17, 15) is 14.4 Å². The lowest BCUT2D eigenvalue weighted by Gasteiger charge is -2.29. The maximum atomic E-state index is 12.9. The van der Waals surface area contributed by atoms with E-state index in [1.165, 1.54) is 0 Å². The van der Waals surface area contributed by atoms with E-state index in [1.54, 1.807) is 13.8 Å². The molecule has 8 heteroatoms. The molecule has 0 bridgehead atoms. The van der Waals surface area contributed by atoms with E-state index in [1.807, 2.05) is 24.3 Å². The Bertz CT molecular complexity index is 789. The number of amides is 4. The van der Waals surface area contributed by atoms with Crippen molar-refractivity contribution in [1.82, 2.24) is 10.2 Å². The van der Waals surface area contributed by atoms with Gasteiger partial charge in [-0.25, -0.2) is 9.69 Å². The highest BCUT2D eigenvalue weighted by Gasteiger charge is 2.50. The Morgan fingerprint density at radius 3 is 2.40 bits per heavy atom. The smallest absolute Gasteiger partial charge is 0.325 e. The minimum atomic E-state index is -0.963. The van der Waals surface area contributed by atoms with Crippen LogP contribution >= 0.6 is 0 Å². The Balaban J connectivity index is 1.62. The molecule has 0 aromatic heterocycles. The van der Waals surface area contributed by atoms with Crippen LogP contribution in [0.3, 0.4) is 0 Å². The first-order chi connectivity index (χ1) is 14.2. The van der Waals surface area contributed by atoms with Crippen LogP contribution in [0.15, 0.2) is 24.3 Å². The van der Waals surface area contributed by atoms with E-state index in [0.29, 0.717) is 31.2 Å². The van der Waals surface area contributed by atoms with Crippen LogP contribution in [0, 0.1) is 5.92 Å². The number of hydrogen-bond acceptors (Lipinski definition) is 5. The van der Waals surface area contributed by atoms with Crippen LogP contribution in [-0.2, 0) is 14.3 Å². The number of imide groups is 1. The zero-order valence-electron chi connectivity index (χ0n) is 18.2. The summed E-state index contributed by atoms with van der Waals surface area (Å²) in [6, 6.07) is 6.13. The summed E-state index contributed by atoms with van der Waals surface area (Å²) in [5, 5.41) is 5.58. The Hall–Kier alpha value is -2.61. The molecule has 2 saturated heterocycles. The van der Waals surface area contributed by atoms with Crippen molar-refractivity contribution in [2.24, 2.45) is 5.92 Å². The minimum absolute atomic E-state index is 0.349. The second-order valence-electron chi connectivity index (χ2n) is 8.68. The van der Waals surface area contributed by atoms with Crippen LogP contribution in [-0.4, -0.2) is 60.6 Å². The standard InChI is InChI=1S/C22H32N4O4/c1-15(2)9-10-22(4)20(28)26(21(29)24-22)16(3)19(27)23-17-5-7-18(8-6-17)25-11-13-30-14-12-25/h5-8,15-16H,9-14H2,1-4H3,(H,23,27)(H,24,29)/t16-,22-/m1/s1. The Morgan fingerprint density at radius 1 is 1.17 bits per heavy atom. The summed E-state index contributed by atoms with van der Waals surface area (Å²) in [5.74, 6) is -0.328. The van der Waals surface area contributed by atoms with E-state index in [0.717, 1.165) is 30.1 Å². The van der Waals surface area contributed by atoms with Crippen LogP contribution in [0.4, 0.5) is 16.2 Å². The first-order valence-electron chi connectivity index (χ1n) is 10.6. The third kappa shape index (κ3) is 4.75. The van der Waals surface area contributed by atoms with Gasteiger partial charge in [0.25, 0.3) is 5.91 Å². The van der Waals surface area contributed by atoms with Crippen LogP contribution in [0.2, 0.25) is 0 Å². The van der Waals surface area contributed by atoms with Gasteiger partial charge in [0.1, 0.15) is 11.6 Å². The van der Waals surface area contributed by atoms with Crippen LogP contribution < -0.4 is 15.5 Å². The number of nitrogens with one attached hydrogen (secondary N) is 2. The van der Waals surface area contributed by atoms with Gasteiger partial charge in [0.05, 0.1) is 13.2 Å². The zero-order valence-corrected chi connectivity index (χ0v) is 18.2. The van der Waals surface area contributed by atoms with E-state index >= 15 is 0 Å². The average Bonchev–Trinajstić information content (AvgIpc) is 2.95. The molecule has 3 rings (SSSR count). The zero-order chi connectivity index (χ0) is 21.9. The van der Waals surface area contributed by atoms with Crippen LogP contribution in [0.1, 0.15) is 40.5 Å². The summed E-state index contributed by atoms with van der Waals surface area (Å²) < 4.78 is 5.37. The van der Waals surface area contributed by atoms with Crippen LogP contribution in [0.25, 0.3) is 0 Å². The van der Waals surface area contributed by atoms with Crippen molar-refractivity contribution in [2.45, 2.75) is 52.1 Å². The van der Waals surface area contributed by atoms with E-state index in [4.69, 9.17) is 4.74 Å². The molecule has 0 saturated carbocycles. The lowest BCUT2D eigenvalue weighted by atomic mass is 9.92. The molecular formula is C22H32N4O4. The molecule has 0 aliphatic carbocycles. The maximum Gasteiger partial charge on any atom is 0.325 e. The Labute approximate surface area is 177 Å². The summed E-state index contributed by atoms with van der Waals surface area (Å²) in [4.78, 5) is 41.4. The first-order valence-corrected chi connectivity index (χ1v) is 10.6. The normalized spacial score (nSPS) is 23.0. The predicted octanol–water partition coefficient (Wildman–Crippen LogP) is 2.60. The number of ether oxygens (including phenoxy) is 1. The fraction of sp³-hybridized carbons (Fsp3) is 0.591. The SMILES string of the molecule is CC(C)CC[C@@]1(C)NC(=O)N([C@H](C)C(=O)Nc2ccc(N3CCOCC3)cc2)C1=O. The van der Waals surface area contributed by atoms with Crippen molar-refractivity contribution in [3.05, 3.63) is 24.3 Å². The second-order valence-corrected chi connectivity index (χ2v) is 8.68.